The highest BCUT2D eigenvalue weighted by Crippen LogP contribution is 2.08. The lowest BCUT2D eigenvalue weighted by Gasteiger charge is -2.12. The highest BCUT2D eigenvalue weighted by Gasteiger charge is 2.14. The van der Waals surface area contributed by atoms with Gasteiger partial charge in [0.25, 0.3) is 0 Å². The van der Waals surface area contributed by atoms with E-state index in [2.05, 4.69) is 5.32 Å². The van der Waals surface area contributed by atoms with Gasteiger partial charge in [-0.3, -0.25) is 4.79 Å². The molecule has 0 unspecified atom stereocenters. The second-order valence-electron chi connectivity index (χ2n) is 4.10. The van der Waals surface area contributed by atoms with Crippen LogP contribution in [0.3, 0.4) is 0 Å². The Morgan fingerprint density at radius 1 is 1.17 bits per heavy atom. The summed E-state index contributed by atoms with van der Waals surface area (Å²) < 4.78 is 2.01. The highest BCUT2D eigenvalue weighted by atomic mass is 16.2. The second kappa shape index (κ2) is 6.02. The number of nitrogens with two attached hydrogens (primary N) is 1. The van der Waals surface area contributed by atoms with Gasteiger partial charge in [0.1, 0.15) is 6.04 Å². The number of aromatic nitrogens is 1. The summed E-state index contributed by atoms with van der Waals surface area (Å²) in [4.78, 5) is 11.8. The predicted octanol–water partition coefficient (Wildman–Crippen LogP) is 1.30. The van der Waals surface area contributed by atoms with Crippen LogP contribution in [0.5, 0.6) is 0 Å². The molecule has 18 heavy (non-hydrogen) atoms. The molecule has 1 heterocycles. The van der Waals surface area contributed by atoms with Gasteiger partial charge in [0.05, 0.1) is 0 Å². The quantitative estimate of drug-likeness (QED) is 0.831. The molecule has 2 aromatic rings. The molecule has 1 aromatic carbocycles. The van der Waals surface area contributed by atoms with Crippen molar-refractivity contribution in [2.45, 2.75) is 12.6 Å². The minimum atomic E-state index is -0.601. The van der Waals surface area contributed by atoms with Gasteiger partial charge in [-0.05, 0) is 17.7 Å². The Kier molecular flexibility index (Phi) is 4.15. The first-order valence-electron chi connectivity index (χ1n) is 5.96. The Labute approximate surface area is 106 Å². The molecule has 0 saturated heterocycles. The molecule has 1 amide bonds. The van der Waals surface area contributed by atoms with E-state index in [0.717, 1.165) is 12.1 Å². The summed E-state index contributed by atoms with van der Waals surface area (Å²) in [5, 5.41) is 2.83. The van der Waals surface area contributed by atoms with Crippen molar-refractivity contribution in [2.24, 2.45) is 5.73 Å². The molecule has 0 aliphatic rings. The summed E-state index contributed by atoms with van der Waals surface area (Å²) in [5.41, 5.74) is 6.71. The molecule has 1 aromatic heterocycles. The van der Waals surface area contributed by atoms with Crippen LogP contribution < -0.4 is 11.1 Å². The first kappa shape index (κ1) is 12.4. The topological polar surface area (TPSA) is 60.1 Å². The molecule has 0 aliphatic heterocycles. The Hall–Kier alpha value is -2.07. The summed E-state index contributed by atoms with van der Waals surface area (Å²) in [5.74, 6) is -0.145. The number of hydrogen-bond donors (Lipinski definition) is 2. The minimum Gasteiger partial charge on any atom is -0.353 e. The van der Waals surface area contributed by atoms with Gasteiger partial charge in [0.15, 0.2) is 0 Å². The summed E-state index contributed by atoms with van der Waals surface area (Å²) in [6.07, 6.45) is 3.92. The number of rotatable bonds is 5. The maximum atomic E-state index is 11.8. The van der Waals surface area contributed by atoms with Gasteiger partial charge in [-0.1, -0.05) is 30.3 Å². The number of benzene rings is 1. The highest BCUT2D eigenvalue weighted by molar-refractivity contribution is 5.82. The molecular weight excluding hydrogens is 226 g/mol. The minimum absolute atomic E-state index is 0.145. The van der Waals surface area contributed by atoms with Gasteiger partial charge in [0, 0.05) is 25.5 Å². The van der Waals surface area contributed by atoms with E-state index in [4.69, 9.17) is 5.73 Å². The van der Waals surface area contributed by atoms with E-state index in [0.29, 0.717) is 6.54 Å². The fourth-order valence-corrected chi connectivity index (χ4v) is 1.75. The van der Waals surface area contributed by atoms with Crippen LogP contribution in [0, 0.1) is 0 Å². The smallest absolute Gasteiger partial charge is 0.241 e. The molecular formula is C14H17N3O. The van der Waals surface area contributed by atoms with Gasteiger partial charge >= 0.3 is 0 Å². The molecule has 4 heteroatoms. The van der Waals surface area contributed by atoms with Crippen molar-refractivity contribution in [3.63, 3.8) is 0 Å². The van der Waals surface area contributed by atoms with E-state index < -0.39 is 6.04 Å². The maximum Gasteiger partial charge on any atom is 0.241 e. The van der Waals surface area contributed by atoms with Crippen molar-refractivity contribution < 1.29 is 4.79 Å². The molecule has 0 saturated carbocycles. The Morgan fingerprint density at radius 2 is 1.83 bits per heavy atom. The molecule has 0 aliphatic carbocycles. The van der Waals surface area contributed by atoms with Crippen LogP contribution in [0.4, 0.5) is 0 Å². The molecule has 0 spiro atoms. The van der Waals surface area contributed by atoms with E-state index in [1.807, 2.05) is 59.4 Å². The third-order valence-corrected chi connectivity index (χ3v) is 2.78. The van der Waals surface area contributed by atoms with Crippen LogP contribution in [0.25, 0.3) is 0 Å². The third kappa shape index (κ3) is 3.21. The Balaban J connectivity index is 1.81. The van der Waals surface area contributed by atoms with Crippen molar-refractivity contribution in [3.8, 4) is 0 Å². The van der Waals surface area contributed by atoms with E-state index in [1.54, 1.807) is 0 Å². The fourth-order valence-electron chi connectivity index (χ4n) is 1.75. The van der Waals surface area contributed by atoms with Gasteiger partial charge < -0.3 is 15.6 Å². The standard InChI is InChI=1S/C14H17N3O/c15-13(12-6-2-1-3-7-12)14(18)16-8-11-17-9-4-5-10-17/h1-7,9-10,13H,8,11,15H2,(H,16,18)/t13-/m1/s1. The number of nitrogens with zero attached hydrogens (tertiary/aromatic N) is 1. The zero-order valence-corrected chi connectivity index (χ0v) is 10.1. The van der Waals surface area contributed by atoms with Gasteiger partial charge in [-0.15, -0.1) is 0 Å². The number of amides is 1. The predicted molar refractivity (Wildman–Crippen MR) is 70.8 cm³/mol. The second-order valence-corrected chi connectivity index (χ2v) is 4.10. The summed E-state index contributed by atoms with van der Waals surface area (Å²) in [7, 11) is 0. The number of nitrogens with one attached hydrogen (secondary N) is 1. The van der Waals surface area contributed by atoms with Crippen molar-refractivity contribution in [3.05, 3.63) is 60.4 Å². The largest absolute Gasteiger partial charge is 0.353 e. The van der Waals surface area contributed by atoms with Crippen molar-refractivity contribution >= 4 is 5.91 Å². The van der Waals surface area contributed by atoms with E-state index in [1.165, 1.54) is 0 Å². The van der Waals surface area contributed by atoms with Crippen molar-refractivity contribution in [1.29, 1.82) is 0 Å². The van der Waals surface area contributed by atoms with E-state index >= 15 is 0 Å². The average molecular weight is 243 g/mol. The number of hydrogen-bond acceptors (Lipinski definition) is 2. The normalized spacial score (nSPS) is 12.1. The van der Waals surface area contributed by atoms with Crippen LogP contribution in [0.2, 0.25) is 0 Å². The third-order valence-electron chi connectivity index (χ3n) is 2.78. The lowest BCUT2D eigenvalue weighted by molar-refractivity contribution is -0.122. The number of carbonyl (C=O) groups is 1. The molecule has 94 valence electrons. The van der Waals surface area contributed by atoms with Crippen LogP contribution in [-0.4, -0.2) is 17.0 Å². The van der Waals surface area contributed by atoms with Crippen LogP contribution in [-0.2, 0) is 11.3 Å². The van der Waals surface area contributed by atoms with E-state index in [9.17, 15) is 4.79 Å². The molecule has 0 fully saturated rings. The van der Waals surface area contributed by atoms with Gasteiger partial charge in [-0.25, -0.2) is 0 Å². The average Bonchev–Trinajstić information content (AvgIpc) is 2.92. The Bertz CT molecular complexity index is 479. The first-order chi connectivity index (χ1) is 8.77. The molecule has 4 nitrogen and oxygen atoms in total. The number of carbonyl (C=O) groups excluding carboxylic acids is 1. The van der Waals surface area contributed by atoms with Crippen LogP contribution >= 0.6 is 0 Å². The van der Waals surface area contributed by atoms with Gasteiger partial charge in [-0.2, -0.15) is 0 Å². The summed E-state index contributed by atoms with van der Waals surface area (Å²) >= 11 is 0. The lowest BCUT2D eigenvalue weighted by atomic mass is 10.1. The molecule has 1 atom stereocenters. The molecule has 0 bridgehead atoms. The zero-order valence-electron chi connectivity index (χ0n) is 10.1. The van der Waals surface area contributed by atoms with Crippen LogP contribution in [0.1, 0.15) is 11.6 Å². The molecule has 0 radical (unpaired) electrons. The fraction of sp³-hybridized carbons (Fsp3) is 0.214. The van der Waals surface area contributed by atoms with Crippen molar-refractivity contribution in [1.82, 2.24) is 9.88 Å². The molecule has 2 rings (SSSR count). The summed E-state index contributed by atoms with van der Waals surface area (Å²) in [6.45, 7) is 1.33. The lowest BCUT2D eigenvalue weighted by Crippen LogP contribution is -2.35. The van der Waals surface area contributed by atoms with E-state index in [-0.39, 0.29) is 5.91 Å². The maximum absolute atomic E-state index is 11.8. The SMILES string of the molecule is N[C@@H](C(=O)NCCn1cccc1)c1ccccc1. The summed E-state index contributed by atoms with van der Waals surface area (Å²) in [6, 6.07) is 12.7. The van der Waals surface area contributed by atoms with Gasteiger partial charge in [0.2, 0.25) is 5.91 Å². The zero-order chi connectivity index (χ0) is 12.8. The van der Waals surface area contributed by atoms with Crippen molar-refractivity contribution in [2.75, 3.05) is 6.54 Å². The van der Waals surface area contributed by atoms with Crippen LogP contribution in [0.15, 0.2) is 54.9 Å². The Morgan fingerprint density at radius 3 is 2.50 bits per heavy atom. The molecule has 3 N–H and O–H groups in total. The monoisotopic (exact) mass is 243 g/mol. The first-order valence-corrected chi connectivity index (χ1v) is 5.96.